The molecule has 272 valence electrons. The van der Waals surface area contributed by atoms with Gasteiger partial charge >= 0.3 is 0 Å². The van der Waals surface area contributed by atoms with E-state index in [2.05, 4.69) is 45.8 Å². The standard InChI is InChI=1S/C39H47Cl2N5O4S/c1-39(2)17-16-29(34(24-39)28-8-10-30(40)11-9-28)26-44-18-20-45(21-19-44)31-12-14-32(15-13-31)51(50)43-38(47)33-22-37(46(48)49)36(23-35(33)41)42-25-27-6-4-3-5-7-27/h8-15,22-23,27,42H,3-7,16-21,24-26H2,1-2H3,(H,43,47). The highest BCUT2D eigenvalue weighted by atomic mass is 35.5. The summed E-state index contributed by atoms with van der Waals surface area (Å²) in [6.07, 6.45) is 9.08. The van der Waals surface area contributed by atoms with E-state index in [-0.39, 0.29) is 27.4 Å². The monoisotopic (exact) mass is 751 g/mol. The molecular formula is C39H47Cl2N5O4S. The predicted octanol–water partition coefficient (Wildman–Crippen LogP) is 9.13. The van der Waals surface area contributed by atoms with Crippen LogP contribution in [0.2, 0.25) is 10.0 Å². The summed E-state index contributed by atoms with van der Waals surface area (Å²) in [5.74, 6) is -0.290. The fourth-order valence-electron chi connectivity index (χ4n) is 7.55. The van der Waals surface area contributed by atoms with Gasteiger partial charge in [-0.2, -0.15) is 0 Å². The van der Waals surface area contributed by atoms with Gasteiger partial charge in [-0.1, -0.05) is 74.0 Å². The van der Waals surface area contributed by atoms with Crippen molar-refractivity contribution in [3.63, 3.8) is 0 Å². The van der Waals surface area contributed by atoms with Crippen LogP contribution in [0.15, 0.2) is 71.1 Å². The van der Waals surface area contributed by atoms with Gasteiger partial charge in [-0.3, -0.25) is 24.5 Å². The van der Waals surface area contributed by atoms with E-state index in [0.717, 1.165) is 88.0 Å². The summed E-state index contributed by atoms with van der Waals surface area (Å²) in [6.45, 7) is 9.90. The predicted molar refractivity (Wildman–Crippen MR) is 208 cm³/mol. The number of nitro groups is 1. The van der Waals surface area contributed by atoms with E-state index in [1.54, 1.807) is 12.1 Å². The van der Waals surface area contributed by atoms with Gasteiger partial charge in [-0.05, 0) is 97.0 Å². The number of amides is 1. The molecule has 0 radical (unpaired) electrons. The summed E-state index contributed by atoms with van der Waals surface area (Å²) in [6, 6.07) is 18.2. The highest BCUT2D eigenvalue weighted by Crippen LogP contribution is 2.43. The molecule has 0 aromatic heterocycles. The third kappa shape index (κ3) is 9.52. The molecule has 12 heteroatoms. The average Bonchev–Trinajstić information content (AvgIpc) is 3.12. The minimum atomic E-state index is -1.88. The van der Waals surface area contributed by atoms with Gasteiger partial charge in [0.2, 0.25) is 0 Å². The Morgan fingerprint density at radius 1 is 0.980 bits per heavy atom. The molecule has 9 nitrogen and oxygen atoms in total. The van der Waals surface area contributed by atoms with E-state index in [4.69, 9.17) is 23.2 Å². The number of hydrogen-bond donors (Lipinski definition) is 2. The van der Waals surface area contributed by atoms with Crippen LogP contribution in [0.25, 0.3) is 5.57 Å². The van der Waals surface area contributed by atoms with Crippen molar-refractivity contribution in [1.82, 2.24) is 9.62 Å². The van der Waals surface area contributed by atoms with Gasteiger partial charge in [0.1, 0.15) is 5.69 Å². The summed E-state index contributed by atoms with van der Waals surface area (Å²) < 4.78 is 15.6. The van der Waals surface area contributed by atoms with Crippen molar-refractivity contribution < 1.29 is 13.9 Å². The Morgan fingerprint density at radius 3 is 2.33 bits per heavy atom. The first kappa shape index (κ1) is 37.3. The first-order valence-electron chi connectivity index (χ1n) is 17.9. The van der Waals surface area contributed by atoms with Gasteiger partial charge in [-0.25, -0.2) is 4.21 Å². The van der Waals surface area contributed by atoms with Gasteiger partial charge in [0.25, 0.3) is 11.6 Å². The number of allylic oxidation sites excluding steroid dienone is 1. The van der Waals surface area contributed by atoms with Crippen LogP contribution in [0.5, 0.6) is 0 Å². The molecule has 2 fully saturated rings. The number of nitrogens with zero attached hydrogens (tertiary/aromatic N) is 3. The second kappa shape index (κ2) is 16.5. The molecule has 3 aromatic carbocycles. The lowest BCUT2D eigenvalue weighted by atomic mass is 9.72. The molecule has 1 saturated heterocycles. The summed E-state index contributed by atoms with van der Waals surface area (Å²) in [5, 5.41) is 15.9. The molecule has 2 aliphatic carbocycles. The van der Waals surface area contributed by atoms with Crippen LogP contribution in [0.1, 0.15) is 81.1 Å². The Kier molecular flexibility index (Phi) is 12.1. The van der Waals surface area contributed by atoms with Crippen molar-refractivity contribution in [2.45, 2.75) is 70.1 Å². The fourth-order valence-corrected chi connectivity index (χ4v) is 8.71. The first-order chi connectivity index (χ1) is 24.5. The van der Waals surface area contributed by atoms with Crippen LogP contribution < -0.4 is 14.9 Å². The Balaban J connectivity index is 1.04. The third-order valence-electron chi connectivity index (χ3n) is 10.6. The zero-order chi connectivity index (χ0) is 36.1. The fraction of sp³-hybridized carbons (Fsp3) is 0.462. The molecular weight excluding hydrogens is 705 g/mol. The Hall–Kier alpha value is -3.44. The number of carbonyl (C=O) groups is 1. The zero-order valence-electron chi connectivity index (χ0n) is 29.4. The number of anilines is 2. The molecule has 1 aliphatic heterocycles. The molecule has 51 heavy (non-hydrogen) atoms. The molecule has 0 bridgehead atoms. The van der Waals surface area contributed by atoms with Crippen molar-refractivity contribution in [3.8, 4) is 0 Å². The van der Waals surface area contributed by atoms with Crippen LogP contribution in [0.4, 0.5) is 17.1 Å². The van der Waals surface area contributed by atoms with Crippen LogP contribution >= 0.6 is 23.2 Å². The summed E-state index contributed by atoms with van der Waals surface area (Å²) in [7, 11) is -1.88. The smallest absolute Gasteiger partial charge is 0.293 e. The van der Waals surface area contributed by atoms with Crippen LogP contribution in [0, 0.1) is 21.4 Å². The Morgan fingerprint density at radius 2 is 1.67 bits per heavy atom. The number of nitrogens with one attached hydrogen (secondary N) is 2. The highest BCUT2D eigenvalue weighted by Gasteiger charge is 2.30. The van der Waals surface area contributed by atoms with Crippen LogP contribution in [-0.2, 0) is 11.0 Å². The number of piperazine rings is 1. The van der Waals surface area contributed by atoms with E-state index < -0.39 is 21.8 Å². The Labute approximate surface area is 313 Å². The van der Waals surface area contributed by atoms with Crippen molar-refractivity contribution in [2.75, 3.05) is 49.5 Å². The Bertz CT molecular complexity index is 1780. The molecule has 1 heterocycles. The minimum absolute atomic E-state index is 0.0561. The first-order valence-corrected chi connectivity index (χ1v) is 19.8. The maximum absolute atomic E-state index is 13.2. The van der Waals surface area contributed by atoms with Crippen molar-refractivity contribution in [1.29, 1.82) is 0 Å². The molecule has 3 aromatic rings. The number of hydrogen-bond acceptors (Lipinski definition) is 7. The second-order valence-electron chi connectivity index (χ2n) is 14.9. The summed E-state index contributed by atoms with van der Waals surface area (Å²) in [4.78, 5) is 29.8. The maximum atomic E-state index is 13.2. The molecule has 1 atom stereocenters. The maximum Gasteiger partial charge on any atom is 0.293 e. The van der Waals surface area contributed by atoms with Crippen molar-refractivity contribution in [3.05, 3.63) is 97.5 Å². The highest BCUT2D eigenvalue weighted by molar-refractivity contribution is 7.83. The van der Waals surface area contributed by atoms with E-state index in [1.165, 1.54) is 35.6 Å². The van der Waals surface area contributed by atoms with Gasteiger partial charge in [-0.15, -0.1) is 0 Å². The molecule has 1 amide bonds. The van der Waals surface area contributed by atoms with E-state index in [0.29, 0.717) is 17.4 Å². The lowest BCUT2D eigenvalue weighted by molar-refractivity contribution is -0.384. The van der Waals surface area contributed by atoms with E-state index in [1.807, 2.05) is 24.3 Å². The third-order valence-corrected chi connectivity index (χ3v) is 12.2. The average molecular weight is 753 g/mol. The number of halogens is 2. The molecule has 1 unspecified atom stereocenters. The number of benzene rings is 3. The lowest BCUT2D eigenvalue weighted by Crippen LogP contribution is -2.47. The molecule has 3 aliphatic rings. The molecule has 2 N–H and O–H groups in total. The minimum Gasteiger partial charge on any atom is -0.379 e. The van der Waals surface area contributed by atoms with E-state index in [9.17, 15) is 19.1 Å². The second-order valence-corrected chi connectivity index (χ2v) is 16.9. The van der Waals surface area contributed by atoms with Gasteiger partial charge in [0.15, 0.2) is 11.0 Å². The number of nitro benzene ring substituents is 1. The summed E-state index contributed by atoms with van der Waals surface area (Å²) >= 11 is 12.6. The summed E-state index contributed by atoms with van der Waals surface area (Å²) in [5.41, 5.74) is 5.51. The number of rotatable bonds is 11. The van der Waals surface area contributed by atoms with Crippen LogP contribution in [0.3, 0.4) is 0 Å². The molecule has 1 saturated carbocycles. The molecule has 6 rings (SSSR count). The number of carbonyl (C=O) groups excluding carboxylic acids is 1. The van der Waals surface area contributed by atoms with Gasteiger partial charge in [0.05, 0.1) is 20.4 Å². The zero-order valence-corrected chi connectivity index (χ0v) is 31.7. The normalized spacial score (nSPS) is 19.1. The quantitative estimate of drug-likeness (QED) is 0.149. The van der Waals surface area contributed by atoms with Crippen molar-refractivity contribution >= 4 is 62.7 Å². The SMILES string of the molecule is CC1(C)CCC(CN2CCN(c3ccc(S(=O)NC(=O)c4cc([N+](=O)[O-])c(NCC5CCCCC5)cc4Cl)cc3)CC2)=C(c2ccc(Cl)cc2)C1. The van der Waals surface area contributed by atoms with Gasteiger partial charge in [0, 0.05) is 56.0 Å². The van der Waals surface area contributed by atoms with Gasteiger partial charge < -0.3 is 10.2 Å². The molecule has 0 spiro atoms. The topological polar surface area (TPSA) is 108 Å². The van der Waals surface area contributed by atoms with Crippen LogP contribution in [-0.4, -0.2) is 59.2 Å². The largest absolute Gasteiger partial charge is 0.379 e. The lowest BCUT2D eigenvalue weighted by Gasteiger charge is -2.39. The van der Waals surface area contributed by atoms with E-state index >= 15 is 0 Å². The van der Waals surface area contributed by atoms with Crippen molar-refractivity contribution in [2.24, 2.45) is 11.3 Å².